The molecule has 0 radical (unpaired) electrons. The molecule has 9 nitrogen and oxygen atoms in total. The van der Waals surface area contributed by atoms with E-state index in [9.17, 15) is 14.7 Å². The van der Waals surface area contributed by atoms with Gasteiger partial charge >= 0.3 is 5.91 Å². The molecule has 174 valence electrons. The Morgan fingerprint density at radius 2 is 1.68 bits per heavy atom. The van der Waals surface area contributed by atoms with Gasteiger partial charge in [-0.05, 0) is 55.0 Å². The van der Waals surface area contributed by atoms with E-state index >= 15 is 0 Å². The second kappa shape index (κ2) is 9.62. The molecule has 0 saturated carbocycles. The van der Waals surface area contributed by atoms with Crippen LogP contribution in [-0.4, -0.2) is 47.6 Å². The van der Waals surface area contributed by atoms with Crippen LogP contribution in [0.15, 0.2) is 66.5 Å². The third-order valence-corrected chi connectivity index (χ3v) is 5.37. The van der Waals surface area contributed by atoms with Crippen molar-refractivity contribution in [2.45, 2.75) is 13.0 Å². The Bertz CT molecular complexity index is 1240. The minimum absolute atomic E-state index is 0.0372. The lowest BCUT2D eigenvalue weighted by Crippen LogP contribution is -2.31. The molecule has 1 saturated heterocycles. The molecule has 0 spiro atoms. The van der Waals surface area contributed by atoms with E-state index in [1.807, 2.05) is 6.92 Å². The predicted molar refractivity (Wildman–Crippen MR) is 124 cm³/mol. The first-order valence-corrected chi connectivity index (χ1v) is 10.5. The van der Waals surface area contributed by atoms with Crippen molar-refractivity contribution in [1.82, 2.24) is 9.97 Å². The van der Waals surface area contributed by atoms with Crippen molar-refractivity contribution in [3.63, 3.8) is 0 Å². The number of amides is 1. The predicted octanol–water partition coefficient (Wildman–Crippen LogP) is 3.52. The molecule has 1 amide bonds. The fourth-order valence-electron chi connectivity index (χ4n) is 3.82. The van der Waals surface area contributed by atoms with E-state index in [1.54, 1.807) is 48.5 Å². The Morgan fingerprint density at radius 1 is 1.00 bits per heavy atom. The van der Waals surface area contributed by atoms with Crippen LogP contribution in [0.4, 0.5) is 5.95 Å². The van der Waals surface area contributed by atoms with Crippen LogP contribution in [0.3, 0.4) is 0 Å². The number of benzene rings is 2. The summed E-state index contributed by atoms with van der Waals surface area (Å²) in [5.41, 5.74) is 0.784. The molecular formula is C25H23N3O6. The molecule has 1 aromatic heterocycles. The number of carbonyl (C=O) groups is 2. The summed E-state index contributed by atoms with van der Waals surface area (Å²) in [6.45, 7) is 2.36. The molecule has 1 N–H and O–H groups in total. The summed E-state index contributed by atoms with van der Waals surface area (Å²) in [6.07, 6.45) is 2.94. The normalized spacial score (nSPS) is 17.0. The minimum atomic E-state index is -0.992. The number of ether oxygens (including phenoxy) is 3. The van der Waals surface area contributed by atoms with Crippen LogP contribution in [-0.2, 0) is 9.59 Å². The van der Waals surface area contributed by atoms with Crippen LogP contribution >= 0.6 is 0 Å². The molecule has 1 atom stereocenters. The standard InChI is InChI=1S/C25H23N3O6/c1-4-34-17-9-6-15(7-10-17)22(29)20-21(16-8-11-18(32-2)19(14-16)33-3)28(24(31)23(20)30)25-26-12-5-13-27-25/h5-14,21,29H,4H2,1-3H3/b22-20-. The first-order valence-electron chi connectivity index (χ1n) is 10.5. The van der Waals surface area contributed by atoms with E-state index in [2.05, 4.69) is 9.97 Å². The number of ketones is 1. The Kier molecular flexibility index (Phi) is 6.44. The molecule has 34 heavy (non-hydrogen) atoms. The van der Waals surface area contributed by atoms with Crippen LogP contribution in [0, 0.1) is 0 Å². The largest absolute Gasteiger partial charge is 0.507 e. The van der Waals surface area contributed by atoms with Crippen LogP contribution in [0.2, 0.25) is 0 Å². The van der Waals surface area contributed by atoms with Gasteiger partial charge in [0.1, 0.15) is 11.5 Å². The smallest absolute Gasteiger partial charge is 0.302 e. The lowest BCUT2D eigenvalue weighted by atomic mass is 9.95. The Hall–Kier alpha value is -4.40. The first-order chi connectivity index (χ1) is 16.5. The summed E-state index contributed by atoms with van der Waals surface area (Å²) in [6, 6.07) is 12.2. The number of rotatable bonds is 7. The molecule has 1 fully saturated rings. The number of aromatic nitrogens is 2. The molecule has 3 aromatic rings. The molecule has 2 heterocycles. The fourth-order valence-corrected chi connectivity index (χ4v) is 3.82. The number of methoxy groups -OCH3 is 2. The maximum absolute atomic E-state index is 13.2. The van der Waals surface area contributed by atoms with Gasteiger partial charge < -0.3 is 19.3 Å². The van der Waals surface area contributed by atoms with E-state index in [4.69, 9.17) is 14.2 Å². The molecular weight excluding hydrogens is 438 g/mol. The molecule has 0 bridgehead atoms. The lowest BCUT2D eigenvalue weighted by Gasteiger charge is -2.24. The molecule has 1 aliphatic rings. The van der Waals surface area contributed by atoms with Gasteiger partial charge in [0.2, 0.25) is 5.95 Å². The topological polar surface area (TPSA) is 111 Å². The maximum Gasteiger partial charge on any atom is 0.302 e. The quantitative estimate of drug-likeness (QED) is 0.323. The third-order valence-electron chi connectivity index (χ3n) is 5.37. The van der Waals surface area contributed by atoms with Crippen LogP contribution < -0.4 is 19.1 Å². The summed E-state index contributed by atoms with van der Waals surface area (Å²) in [5.74, 6) is -0.480. The zero-order chi connectivity index (χ0) is 24.2. The minimum Gasteiger partial charge on any atom is -0.507 e. The summed E-state index contributed by atoms with van der Waals surface area (Å²) < 4.78 is 16.2. The fraction of sp³-hybridized carbons (Fsp3) is 0.200. The Labute approximate surface area is 196 Å². The third kappa shape index (κ3) is 4.03. The van der Waals surface area contributed by atoms with Gasteiger partial charge in [-0.25, -0.2) is 9.97 Å². The summed E-state index contributed by atoms with van der Waals surface area (Å²) in [4.78, 5) is 35.8. The SMILES string of the molecule is CCOc1ccc(/C(O)=C2/C(=O)C(=O)N(c3ncccn3)C2c2ccc(OC)c(OC)c2)cc1. The highest BCUT2D eigenvalue weighted by atomic mass is 16.5. The second-order valence-corrected chi connectivity index (χ2v) is 7.29. The molecule has 9 heteroatoms. The molecule has 1 unspecified atom stereocenters. The average molecular weight is 461 g/mol. The average Bonchev–Trinajstić information content (AvgIpc) is 3.14. The highest BCUT2D eigenvalue weighted by molar-refractivity contribution is 6.51. The number of aliphatic hydroxyl groups excluding tert-OH is 1. The van der Waals surface area contributed by atoms with Crippen molar-refractivity contribution >= 4 is 23.4 Å². The zero-order valence-electron chi connectivity index (χ0n) is 18.9. The van der Waals surface area contributed by atoms with Gasteiger partial charge in [-0.2, -0.15) is 0 Å². The van der Waals surface area contributed by atoms with E-state index in [0.717, 1.165) is 0 Å². The van der Waals surface area contributed by atoms with Crippen LogP contribution in [0.5, 0.6) is 17.2 Å². The summed E-state index contributed by atoms with van der Waals surface area (Å²) in [7, 11) is 2.99. The maximum atomic E-state index is 13.2. The van der Waals surface area contributed by atoms with E-state index in [-0.39, 0.29) is 17.3 Å². The number of anilines is 1. The van der Waals surface area contributed by atoms with Crippen molar-refractivity contribution in [2.24, 2.45) is 0 Å². The van der Waals surface area contributed by atoms with Crippen LogP contribution in [0.1, 0.15) is 24.1 Å². The number of Topliss-reactive ketones (excluding diaryl/α,β-unsaturated/α-hetero) is 1. The molecule has 2 aromatic carbocycles. The monoisotopic (exact) mass is 461 g/mol. The molecule has 4 rings (SSSR count). The van der Waals surface area contributed by atoms with Gasteiger partial charge in [0.15, 0.2) is 11.5 Å². The van der Waals surface area contributed by atoms with Crippen molar-refractivity contribution in [3.05, 3.63) is 77.6 Å². The lowest BCUT2D eigenvalue weighted by molar-refractivity contribution is -0.132. The van der Waals surface area contributed by atoms with Gasteiger partial charge in [0.05, 0.1) is 32.4 Å². The van der Waals surface area contributed by atoms with Crippen molar-refractivity contribution < 1.29 is 28.9 Å². The van der Waals surface area contributed by atoms with Crippen molar-refractivity contribution in [3.8, 4) is 17.2 Å². The highest BCUT2D eigenvalue weighted by Gasteiger charge is 2.48. The zero-order valence-corrected chi connectivity index (χ0v) is 18.9. The van der Waals surface area contributed by atoms with E-state index in [0.29, 0.717) is 35.0 Å². The first kappa shape index (κ1) is 22.8. The molecule has 0 aliphatic carbocycles. The van der Waals surface area contributed by atoms with Gasteiger partial charge in [0, 0.05) is 18.0 Å². The van der Waals surface area contributed by atoms with Gasteiger partial charge in [-0.1, -0.05) is 6.07 Å². The Balaban J connectivity index is 1.91. The van der Waals surface area contributed by atoms with Gasteiger partial charge in [0.25, 0.3) is 5.78 Å². The summed E-state index contributed by atoms with van der Waals surface area (Å²) in [5, 5.41) is 11.2. The number of hydrogen-bond acceptors (Lipinski definition) is 8. The van der Waals surface area contributed by atoms with Crippen molar-refractivity contribution in [2.75, 3.05) is 25.7 Å². The molecule has 1 aliphatic heterocycles. The number of nitrogens with zero attached hydrogens (tertiary/aromatic N) is 3. The second-order valence-electron chi connectivity index (χ2n) is 7.29. The number of carbonyl (C=O) groups excluding carboxylic acids is 2. The van der Waals surface area contributed by atoms with Gasteiger partial charge in [-0.3, -0.25) is 14.5 Å². The van der Waals surface area contributed by atoms with E-state index in [1.165, 1.54) is 31.5 Å². The Morgan fingerprint density at radius 3 is 2.29 bits per heavy atom. The van der Waals surface area contributed by atoms with Gasteiger partial charge in [-0.15, -0.1) is 0 Å². The summed E-state index contributed by atoms with van der Waals surface area (Å²) >= 11 is 0. The van der Waals surface area contributed by atoms with Crippen molar-refractivity contribution in [1.29, 1.82) is 0 Å². The highest BCUT2D eigenvalue weighted by Crippen LogP contribution is 2.43. The van der Waals surface area contributed by atoms with Crippen LogP contribution in [0.25, 0.3) is 5.76 Å². The number of aliphatic hydroxyl groups is 1. The van der Waals surface area contributed by atoms with E-state index < -0.39 is 17.7 Å². The number of hydrogen-bond donors (Lipinski definition) is 1.